The second-order valence-corrected chi connectivity index (χ2v) is 5.52. The molecule has 0 aromatic carbocycles. The topological polar surface area (TPSA) is 62.5 Å². The van der Waals surface area contributed by atoms with Gasteiger partial charge in [-0.25, -0.2) is 0 Å². The van der Waals surface area contributed by atoms with E-state index in [4.69, 9.17) is 9.52 Å². The molecule has 0 aliphatic carbocycles. The minimum atomic E-state index is -0.131. The van der Waals surface area contributed by atoms with Crippen LogP contribution in [0.15, 0.2) is 16.7 Å². The van der Waals surface area contributed by atoms with Gasteiger partial charge in [-0.15, -0.1) is 0 Å². The molecule has 18 heavy (non-hydrogen) atoms. The lowest BCUT2D eigenvalue weighted by atomic mass is 9.84. The van der Waals surface area contributed by atoms with Crippen LogP contribution in [-0.4, -0.2) is 23.7 Å². The summed E-state index contributed by atoms with van der Waals surface area (Å²) in [6, 6.07) is 1.63. The Labute approximate surface area is 108 Å². The molecule has 0 aliphatic rings. The fourth-order valence-corrected chi connectivity index (χ4v) is 1.90. The first-order valence-corrected chi connectivity index (χ1v) is 6.38. The fourth-order valence-electron chi connectivity index (χ4n) is 1.90. The summed E-state index contributed by atoms with van der Waals surface area (Å²) in [5.74, 6) is 0.568. The Hall–Kier alpha value is -1.29. The first kappa shape index (κ1) is 14.8. The van der Waals surface area contributed by atoms with E-state index in [0.29, 0.717) is 24.2 Å². The normalized spacial score (nSPS) is 13.4. The lowest BCUT2D eigenvalue weighted by molar-refractivity contribution is 0.0883. The van der Waals surface area contributed by atoms with Crippen LogP contribution in [0.5, 0.6) is 0 Å². The smallest absolute Gasteiger partial charge is 0.255 e. The van der Waals surface area contributed by atoms with Crippen LogP contribution in [0.3, 0.4) is 0 Å². The summed E-state index contributed by atoms with van der Waals surface area (Å²) in [6.07, 6.45) is 2.77. The molecule has 102 valence electrons. The molecule has 0 aliphatic heterocycles. The molecule has 1 heterocycles. The van der Waals surface area contributed by atoms with E-state index >= 15 is 0 Å². The van der Waals surface area contributed by atoms with Crippen LogP contribution in [0, 0.1) is 5.41 Å². The van der Waals surface area contributed by atoms with Gasteiger partial charge in [0, 0.05) is 19.1 Å². The molecular weight excluding hydrogens is 230 g/mol. The highest BCUT2D eigenvalue weighted by Crippen LogP contribution is 2.22. The fraction of sp³-hybridized carbons (Fsp3) is 0.643. The van der Waals surface area contributed by atoms with E-state index in [1.54, 1.807) is 6.07 Å². The van der Waals surface area contributed by atoms with Gasteiger partial charge in [0.15, 0.2) is 0 Å². The summed E-state index contributed by atoms with van der Waals surface area (Å²) in [6.45, 7) is 8.15. The number of rotatable bonds is 5. The Balaban J connectivity index is 2.79. The number of amides is 1. The Morgan fingerprint density at radius 1 is 1.50 bits per heavy atom. The van der Waals surface area contributed by atoms with Gasteiger partial charge in [-0.05, 0) is 17.9 Å². The van der Waals surface area contributed by atoms with Gasteiger partial charge in [-0.3, -0.25) is 4.79 Å². The summed E-state index contributed by atoms with van der Waals surface area (Å²) < 4.78 is 5.25. The van der Waals surface area contributed by atoms with E-state index in [9.17, 15) is 4.79 Å². The minimum Gasteiger partial charge on any atom is -0.469 e. The summed E-state index contributed by atoms with van der Waals surface area (Å²) in [4.78, 5) is 12.2. The summed E-state index contributed by atoms with van der Waals surface area (Å²) >= 11 is 0. The molecule has 0 saturated carbocycles. The number of hydrogen-bond donors (Lipinski definition) is 2. The quantitative estimate of drug-likeness (QED) is 0.846. The van der Waals surface area contributed by atoms with Gasteiger partial charge in [-0.1, -0.05) is 27.7 Å². The zero-order valence-corrected chi connectivity index (χ0v) is 11.6. The van der Waals surface area contributed by atoms with Gasteiger partial charge in [0.25, 0.3) is 5.91 Å². The molecule has 4 nitrogen and oxygen atoms in total. The van der Waals surface area contributed by atoms with Gasteiger partial charge >= 0.3 is 0 Å². The maximum atomic E-state index is 12.2. The van der Waals surface area contributed by atoms with Gasteiger partial charge in [0.2, 0.25) is 0 Å². The van der Waals surface area contributed by atoms with Crippen LogP contribution in [0.4, 0.5) is 0 Å². The largest absolute Gasteiger partial charge is 0.469 e. The van der Waals surface area contributed by atoms with Crippen molar-refractivity contribution < 1.29 is 14.3 Å². The van der Waals surface area contributed by atoms with Crippen LogP contribution in [0.25, 0.3) is 0 Å². The molecule has 0 bridgehead atoms. The van der Waals surface area contributed by atoms with E-state index in [1.165, 1.54) is 6.26 Å². The molecule has 0 radical (unpaired) electrons. The van der Waals surface area contributed by atoms with Crippen molar-refractivity contribution in [1.82, 2.24) is 5.32 Å². The van der Waals surface area contributed by atoms with Gasteiger partial charge in [0.1, 0.15) is 5.76 Å². The number of carbonyl (C=O) groups excluding carboxylic acids is 1. The first-order valence-electron chi connectivity index (χ1n) is 6.38. The van der Waals surface area contributed by atoms with Crippen molar-refractivity contribution in [3.05, 3.63) is 23.7 Å². The van der Waals surface area contributed by atoms with Gasteiger partial charge in [0.05, 0.1) is 11.8 Å². The highest BCUT2D eigenvalue weighted by molar-refractivity contribution is 5.95. The van der Waals surface area contributed by atoms with Crippen LogP contribution in [0.1, 0.15) is 50.2 Å². The van der Waals surface area contributed by atoms with Crippen molar-refractivity contribution in [3.63, 3.8) is 0 Å². The molecule has 1 atom stereocenters. The van der Waals surface area contributed by atoms with Gasteiger partial charge in [-0.2, -0.15) is 0 Å². The highest BCUT2D eigenvalue weighted by Gasteiger charge is 2.27. The molecule has 4 heteroatoms. The van der Waals surface area contributed by atoms with Gasteiger partial charge < -0.3 is 14.8 Å². The minimum absolute atomic E-state index is 0.0605. The van der Waals surface area contributed by atoms with E-state index in [2.05, 4.69) is 5.32 Å². The third-order valence-corrected chi connectivity index (χ3v) is 3.08. The van der Waals surface area contributed by atoms with Crippen LogP contribution in [0.2, 0.25) is 0 Å². The number of hydrogen-bond acceptors (Lipinski definition) is 3. The lowest BCUT2D eigenvalue weighted by Gasteiger charge is -2.31. The van der Waals surface area contributed by atoms with Crippen molar-refractivity contribution in [2.45, 2.75) is 46.6 Å². The Kier molecular flexibility index (Phi) is 4.96. The molecule has 0 spiro atoms. The molecule has 1 amide bonds. The second-order valence-electron chi connectivity index (χ2n) is 5.52. The lowest BCUT2D eigenvalue weighted by Crippen LogP contribution is -2.44. The maximum Gasteiger partial charge on any atom is 0.255 e. The number of aryl methyl sites for hydroxylation is 1. The average Bonchev–Trinajstić information content (AvgIpc) is 2.75. The first-order chi connectivity index (χ1) is 8.40. The number of furan rings is 1. The van der Waals surface area contributed by atoms with Crippen molar-refractivity contribution >= 4 is 5.91 Å². The molecule has 1 unspecified atom stereocenters. The molecule has 2 N–H and O–H groups in total. The number of aliphatic hydroxyl groups excluding tert-OH is 1. The third kappa shape index (κ3) is 3.60. The predicted octanol–water partition coefficient (Wildman–Crippen LogP) is 2.37. The molecule has 0 fully saturated rings. The second kappa shape index (κ2) is 6.05. The zero-order chi connectivity index (χ0) is 13.8. The predicted molar refractivity (Wildman–Crippen MR) is 70.5 cm³/mol. The Morgan fingerprint density at radius 2 is 2.17 bits per heavy atom. The van der Waals surface area contributed by atoms with Crippen molar-refractivity contribution in [2.24, 2.45) is 5.41 Å². The standard InChI is InChI=1S/C14H23NO3/c1-5-11-10(7-9-18-11)13(17)15-12(6-8-16)14(2,3)4/h7,9,12,16H,5-6,8H2,1-4H3,(H,15,17). The molecule has 0 saturated heterocycles. The number of nitrogens with one attached hydrogen (secondary N) is 1. The van der Waals surface area contributed by atoms with E-state index in [0.717, 1.165) is 0 Å². The monoisotopic (exact) mass is 253 g/mol. The van der Waals surface area contributed by atoms with Crippen molar-refractivity contribution in [2.75, 3.05) is 6.61 Å². The molecular formula is C14H23NO3. The summed E-state index contributed by atoms with van der Waals surface area (Å²) in [7, 11) is 0. The number of aliphatic hydroxyl groups is 1. The van der Waals surface area contributed by atoms with E-state index in [-0.39, 0.29) is 24.0 Å². The van der Waals surface area contributed by atoms with Crippen molar-refractivity contribution in [1.29, 1.82) is 0 Å². The van der Waals surface area contributed by atoms with E-state index < -0.39 is 0 Å². The number of carbonyl (C=O) groups is 1. The third-order valence-electron chi connectivity index (χ3n) is 3.08. The summed E-state index contributed by atoms with van der Waals surface area (Å²) in [5, 5.41) is 12.1. The zero-order valence-electron chi connectivity index (χ0n) is 11.6. The Morgan fingerprint density at radius 3 is 2.67 bits per heavy atom. The summed E-state index contributed by atoms with van der Waals surface area (Å²) in [5.41, 5.74) is 0.499. The molecule has 1 rings (SSSR count). The highest BCUT2D eigenvalue weighted by atomic mass is 16.3. The maximum absolute atomic E-state index is 12.2. The van der Waals surface area contributed by atoms with Crippen LogP contribution < -0.4 is 5.32 Å². The Bertz CT molecular complexity index is 390. The van der Waals surface area contributed by atoms with E-state index in [1.807, 2.05) is 27.7 Å². The van der Waals surface area contributed by atoms with Crippen LogP contribution in [-0.2, 0) is 6.42 Å². The molecule has 1 aromatic heterocycles. The molecule has 1 aromatic rings. The SMILES string of the molecule is CCc1occc1C(=O)NC(CCO)C(C)(C)C. The average molecular weight is 253 g/mol. The van der Waals surface area contributed by atoms with Crippen LogP contribution >= 0.6 is 0 Å². The van der Waals surface area contributed by atoms with Crippen molar-refractivity contribution in [3.8, 4) is 0 Å².